The van der Waals surface area contributed by atoms with E-state index in [1.807, 2.05) is 18.9 Å². The Labute approximate surface area is 97.6 Å². The lowest BCUT2D eigenvalue weighted by Crippen LogP contribution is -2.41. The van der Waals surface area contributed by atoms with E-state index < -0.39 is 5.97 Å². The zero-order valence-electron chi connectivity index (χ0n) is 10.3. The summed E-state index contributed by atoms with van der Waals surface area (Å²) in [5.74, 6) is -0.103. The minimum absolute atomic E-state index is 0.326. The highest BCUT2D eigenvalue weighted by Crippen LogP contribution is 2.17. The van der Waals surface area contributed by atoms with Gasteiger partial charge in [-0.25, -0.2) is 0 Å². The number of hydrogen-bond donors (Lipinski definition) is 1. The van der Waals surface area contributed by atoms with E-state index in [0.717, 1.165) is 45.4 Å². The molecule has 1 fully saturated rings. The van der Waals surface area contributed by atoms with Crippen molar-refractivity contribution in [3.05, 3.63) is 0 Å². The fraction of sp³-hybridized carbons (Fsp3) is 0.917. The van der Waals surface area contributed by atoms with E-state index in [2.05, 4.69) is 0 Å². The molecular formula is C12H23NO3. The van der Waals surface area contributed by atoms with Gasteiger partial charge in [-0.1, -0.05) is 13.3 Å². The van der Waals surface area contributed by atoms with Gasteiger partial charge in [0, 0.05) is 19.8 Å². The first kappa shape index (κ1) is 13.5. The first-order valence-corrected chi connectivity index (χ1v) is 6.16. The van der Waals surface area contributed by atoms with E-state index >= 15 is 0 Å². The van der Waals surface area contributed by atoms with Crippen LogP contribution in [0.3, 0.4) is 0 Å². The van der Waals surface area contributed by atoms with Gasteiger partial charge in [0.05, 0.1) is 0 Å². The maximum absolute atomic E-state index is 11.1. The van der Waals surface area contributed by atoms with Gasteiger partial charge in [-0.2, -0.15) is 0 Å². The smallest absolute Gasteiger partial charge is 0.320 e. The van der Waals surface area contributed by atoms with Crippen LogP contribution in [-0.4, -0.2) is 48.8 Å². The van der Waals surface area contributed by atoms with E-state index in [4.69, 9.17) is 9.84 Å². The van der Waals surface area contributed by atoms with Crippen molar-refractivity contribution in [3.8, 4) is 0 Å². The van der Waals surface area contributed by atoms with Crippen LogP contribution in [-0.2, 0) is 9.53 Å². The summed E-state index contributed by atoms with van der Waals surface area (Å²) in [6, 6.07) is -0.326. The number of rotatable bonds is 6. The highest BCUT2D eigenvalue weighted by atomic mass is 16.5. The molecule has 1 atom stereocenters. The molecule has 0 radical (unpaired) electrons. The molecule has 1 N–H and O–H groups in total. The van der Waals surface area contributed by atoms with Crippen LogP contribution in [0, 0.1) is 5.92 Å². The summed E-state index contributed by atoms with van der Waals surface area (Å²) in [5.41, 5.74) is 0. The number of carboxylic acid groups (broad SMARTS) is 1. The van der Waals surface area contributed by atoms with Crippen molar-refractivity contribution in [2.75, 3.05) is 26.8 Å². The van der Waals surface area contributed by atoms with Gasteiger partial charge in [0.15, 0.2) is 0 Å². The monoisotopic (exact) mass is 229 g/mol. The average Bonchev–Trinajstić information content (AvgIpc) is 2.26. The minimum Gasteiger partial charge on any atom is -0.480 e. The Morgan fingerprint density at radius 2 is 2.12 bits per heavy atom. The van der Waals surface area contributed by atoms with Crippen LogP contribution in [0.2, 0.25) is 0 Å². The molecule has 0 spiro atoms. The Kier molecular flexibility index (Phi) is 5.77. The van der Waals surface area contributed by atoms with Crippen molar-refractivity contribution in [2.45, 2.75) is 38.6 Å². The largest absolute Gasteiger partial charge is 0.480 e. The van der Waals surface area contributed by atoms with E-state index in [-0.39, 0.29) is 6.04 Å². The first-order chi connectivity index (χ1) is 7.65. The molecule has 0 aromatic heterocycles. The van der Waals surface area contributed by atoms with Crippen molar-refractivity contribution in [1.82, 2.24) is 4.90 Å². The minimum atomic E-state index is -0.698. The van der Waals surface area contributed by atoms with E-state index in [0.29, 0.717) is 5.92 Å². The topological polar surface area (TPSA) is 49.8 Å². The van der Waals surface area contributed by atoms with Crippen LogP contribution in [0.4, 0.5) is 0 Å². The van der Waals surface area contributed by atoms with Crippen molar-refractivity contribution in [2.24, 2.45) is 5.92 Å². The van der Waals surface area contributed by atoms with Crippen LogP contribution in [0.5, 0.6) is 0 Å². The lowest BCUT2D eigenvalue weighted by molar-refractivity contribution is -0.143. The molecule has 4 nitrogen and oxygen atoms in total. The second-order valence-electron chi connectivity index (χ2n) is 4.64. The summed E-state index contributed by atoms with van der Waals surface area (Å²) in [6.07, 6.45) is 3.76. The van der Waals surface area contributed by atoms with Crippen LogP contribution in [0.25, 0.3) is 0 Å². The second kappa shape index (κ2) is 6.86. The zero-order valence-corrected chi connectivity index (χ0v) is 10.3. The molecule has 0 bridgehead atoms. The molecule has 94 valence electrons. The Morgan fingerprint density at radius 1 is 1.50 bits per heavy atom. The van der Waals surface area contributed by atoms with Crippen LogP contribution >= 0.6 is 0 Å². The first-order valence-electron chi connectivity index (χ1n) is 6.16. The summed E-state index contributed by atoms with van der Waals surface area (Å²) in [5, 5.41) is 9.14. The molecule has 0 aromatic carbocycles. The molecular weight excluding hydrogens is 206 g/mol. The molecule has 1 heterocycles. The Balaban J connectivity index is 2.40. The lowest BCUT2D eigenvalue weighted by Gasteiger charge is -2.30. The van der Waals surface area contributed by atoms with E-state index in [9.17, 15) is 4.79 Å². The number of carbonyl (C=O) groups is 1. The summed E-state index contributed by atoms with van der Waals surface area (Å²) in [4.78, 5) is 13.1. The standard InChI is InChI=1S/C12H23NO3/c1-3-4-11(12(14)15)13(2)9-10-5-7-16-8-6-10/h10-11H,3-9H2,1-2H3,(H,14,15). The highest BCUT2D eigenvalue weighted by Gasteiger charge is 2.24. The van der Waals surface area contributed by atoms with Crippen LogP contribution in [0.15, 0.2) is 0 Å². The third kappa shape index (κ3) is 4.10. The Morgan fingerprint density at radius 3 is 2.62 bits per heavy atom. The fourth-order valence-electron chi connectivity index (χ4n) is 2.27. The van der Waals surface area contributed by atoms with Gasteiger partial charge in [0.25, 0.3) is 0 Å². The summed E-state index contributed by atoms with van der Waals surface area (Å²) < 4.78 is 5.30. The number of carboxylic acids is 1. The van der Waals surface area contributed by atoms with Crippen molar-refractivity contribution < 1.29 is 14.6 Å². The second-order valence-corrected chi connectivity index (χ2v) is 4.64. The van der Waals surface area contributed by atoms with Gasteiger partial charge in [-0.3, -0.25) is 9.69 Å². The Hall–Kier alpha value is -0.610. The number of likely N-dealkylation sites (N-methyl/N-ethyl adjacent to an activating group) is 1. The Bertz CT molecular complexity index is 214. The maximum Gasteiger partial charge on any atom is 0.320 e. The molecule has 1 unspecified atom stereocenters. The van der Waals surface area contributed by atoms with Gasteiger partial charge in [0.2, 0.25) is 0 Å². The third-order valence-electron chi connectivity index (χ3n) is 3.27. The summed E-state index contributed by atoms with van der Waals surface area (Å²) >= 11 is 0. The molecule has 1 aliphatic rings. The summed E-state index contributed by atoms with van der Waals surface area (Å²) in [7, 11) is 1.92. The number of hydrogen-bond acceptors (Lipinski definition) is 3. The molecule has 1 rings (SSSR count). The molecule has 1 saturated heterocycles. The van der Waals surface area contributed by atoms with Gasteiger partial charge in [-0.05, 0) is 32.2 Å². The molecule has 1 aliphatic heterocycles. The number of ether oxygens (including phenoxy) is 1. The van der Waals surface area contributed by atoms with Gasteiger partial charge < -0.3 is 9.84 Å². The third-order valence-corrected chi connectivity index (χ3v) is 3.27. The van der Waals surface area contributed by atoms with Crippen molar-refractivity contribution >= 4 is 5.97 Å². The number of nitrogens with zero attached hydrogens (tertiary/aromatic N) is 1. The molecule has 0 saturated carbocycles. The predicted octanol–water partition coefficient (Wildman–Crippen LogP) is 1.60. The van der Waals surface area contributed by atoms with Crippen LogP contribution in [0.1, 0.15) is 32.6 Å². The SMILES string of the molecule is CCCC(C(=O)O)N(C)CC1CCOCC1. The molecule has 16 heavy (non-hydrogen) atoms. The van der Waals surface area contributed by atoms with Crippen molar-refractivity contribution in [1.29, 1.82) is 0 Å². The van der Waals surface area contributed by atoms with E-state index in [1.54, 1.807) is 0 Å². The normalized spacial score (nSPS) is 19.9. The quantitative estimate of drug-likeness (QED) is 0.751. The van der Waals surface area contributed by atoms with Gasteiger partial charge in [0.1, 0.15) is 6.04 Å². The highest BCUT2D eigenvalue weighted by molar-refractivity contribution is 5.73. The van der Waals surface area contributed by atoms with Crippen molar-refractivity contribution in [3.63, 3.8) is 0 Å². The predicted molar refractivity (Wildman–Crippen MR) is 62.5 cm³/mol. The molecule has 4 heteroatoms. The lowest BCUT2D eigenvalue weighted by atomic mass is 9.98. The zero-order chi connectivity index (χ0) is 12.0. The molecule has 0 amide bonds. The average molecular weight is 229 g/mol. The van der Waals surface area contributed by atoms with Crippen LogP contribution < -0.4 is 0 Å². The van der Waals surface area contributed by atoms with Gasteiger partial charge >= 0.3 is 5.97 Å². The molecule has 0 aromatic rings. The fourth-order valence-corrected chi connectivity index (χ4v) is 2.27. The molecule has 0 aliphatic carbocycles. The number of aliphatic carboxylic acids is 1. The van der Waals surface area contributed by atoms with Gasteiger partial charge in [-0.15, -0.1) is 0 Å². The van der Waals surface area contributed by atoms with E-state index in [1.165, 1.54) is 0 Å². The summed E-state index contributed by atoms with van der Waals surface area (Å²) in [6.45, 7) is 4.55. The maximum atomic E-state index is 11.1.